The number of fused-ring (bicyclic) bond motifs is 5. The van der Waals surface area contributed by atoms with Crippen molar-refractivity contribution in [3.63, 3.8) is 0 Å². The van der Waals surface area contributed by atoms with Crippen LogP contribution in [0.3, 0.4) is 0 Å². The van der Waals surface area contributed by atoms with Gasteiger partial charge in [-0.05, 0) is 110 Å². The van der Waals surface area contributed by atoms with Gasteiger partial charge in [-0.3, -0.25) is 4.55 Å². The van der Waals surface area contributed by atoms with Crippen LogP contribution in [-0.4, -0.2) is 19.6 Å². The molecule has 0 saturated heterocycles. The van der Waals surface area contributed by atoms with Crippen LogP contribution >= 0.6 is 0 Å². The molecule has 4 nitrogen and oxygen atoms in total. The maximum absolute atomic E-state index is 10.9. The second-order valence-corrected chi connectivity index (χ2v) is 14.4. The summed E-state index contributed by atoms with van der Waals surface area (Å²) in [7, 11) is -4.34. The van der Waals surface area contributed by atoms with Crippen molar-refractivity contribution in [1.82, 2.24) is 0 Å². The Labute approximate surface area is 204 Å². The van der Waals surface area contributed by atoms with Crippen LogP contribution in [0.25, 0.3) is 0 Å². The first-order valence-electron chi connectivity index (χ1n) is 14.1. The lowest BCUT2D eigenvalue weighted by Crippen LogP contribution is -2.53. The molecule has 4 saturated carbocycles. The average molecular weight is 483 g/mol. The molecule has 4 aliphatic carbocycles. The molecule has 0 heterocycles. The Bertz CT molecular complexity index is 781. The number of hydrogen-bond donors (Lipinski definition) is 1. The summed E-state index contributed by atoms with van der Waals surface area (Å²) in [6, 6.07) is 0. The van der Waals surface area contributed by atoms with Gasteiger partial charge in [-0.15, -0.1) is 0 Å². The van der Waals surface area contributed by atoms with Gasteiger partial charge in [-0.1, -0.05) is 60.3 Å². The summed E-state index contributed by atoms with van der Waals surface area (Å²) in [6.45, 7) is 12.1. The van der Waals surface area contributed by atoms with Gasteiger partial charge >= 0.3 is 10.4 Å². The second-order valence-electron chi connectivity index (χ2n) is 13.4. The van der Waals surface area contributed by atoms with E-state index in [1.54, 1.807) is 0 Å². The van der Waals surface area contributed by atoms with E-state index < -0.39 is 10.4 Å². The Morgan fingerprint density at radius 3 is 2.30 bits per heavy atom. The summed E-state index contributed by atoms with van der Waals surface area (Å²) in [5.41, 5.74) is 1.14. The van der Waals surface area contributed by atoms with Gasteiger partial charge in [0, 0.05) is 0 Å². The molecule has 2 unspecified atom stereocenters. The van der Waals surface area contributed by atoms with Gasteiger partial charge < -0.3 is 0 Å². The molecule has 0 amide bonds. The molecule has 0 radical (unpaired) electrons. The SMILES string of the molecule is CC(COS(=O)(=O)O)[C@@H](C)CC[C@@H](C)[C@H]1CC[C@H]2[C@@H]3CCC4CCCC[C@]4(C)[C@H]3CC[C@]12C. The quantitative estimate of drug-likeness (QED) is 0.363. The summed E-state index contributed by atoms with van der Waals surface area (Å²) in [4.78, 5) is 0. The lowest BCUT2D eigenvalue weighted by molar-refractivity contribution is -0.114. The van der Waals surface area contributed by atoms with Crippen molar-refractivity contribution in [2.45, 2.75) is 112 Å². The van der Waals surface area contributed by atoms with Gasteiger partial charge in [0.1, 0.15) is 0 Å². The smallest absolute Gasteiger partial charge is 0.264 e. The van der Waals surface area contributed by atoms with Crippen molar-refractivity contribution in [1.29, 1.82) is 0 Å². The zero-order valence-electron chi connectivity index (χ0n) is 21.9. The highest BCUT2D eigenvalue weighted by Crippen LogP contribution is 2.68. The van der Waals surface area contributed by atoms with Crippen LogP contribution in [0.4, 0.5) is 0 Å². The van der Waals surface area contributed by atoms with Crippen LogP contribution < -0.4 is 0 Å². The monoisotopic (exact) mass is 482 g/mol. The zero-order valence-corrected chi connectivity index (χ0v) is 22.7. The summed E-state index contributed by atoms with van der Waals surface area (Å²) in [5.74, 6) is 5.94. The Morgan fingerprint density at radius 2 is 1.58 bits per heavy atom. The highest BCUT2D eigenvalue weighted by molar-refractivity contribution is 7.80. The van der Waals surface area contributed by atoms with E-state index in [9.17, 15) is 8.42 Å². The van der Waals surface area contributed by atoms with E-state index in [0.29, 0.717) is 16.7 Å². The molecule has 0 aromatic rings. The maximum atomic E-state index is 10.9. The second kappa shape index (κ2) is 9.73. The third-order valence-electron chi connectivity index (χ3n) is 11.9. The molecule has 0 aromatic heterocycles. The van der Waals surface area contributed by atoms with Crippen LogP contribution in [0.1, 0.15) is 112 Å². The first-order valence-corrected chi connectivity index (χ1v) is 15.4. The first kappa shape index (κ1) is 25.9. The minimum Gasteiger partial charge on any atom is -0.264 e. The molecule has 0 aliphatic heterocycles. The summed E-state index contributed by atoms with van der Waals surface area (Å²) in [5, 5.41) is 0. The molecule has 5 heteroatoms. The van der Waals surface area contributed by atoms with E-state index in [4.69, 9.17) is 4.55 Å². The molecular formula is C28H50O4S. The highest BCUT2D eigenvalue weighted by atomic mass is 32.3. The third-order valence-corrected chi connectivity index (χ3v) is 12.3. The number of rotatable bonds is 8. The average Bonchev–Trinajstić information content (AvgIpc) is 3.12. The van der Waals surface area contributed by atoms with E-state index in [-0.39, 0.29) is 12.5 Å². The Hall–Kier alpha value is -0.130. The van der Waals surface area contributed by atoms with E-state index >= 15 is 0 Å². The van der Waals surface area contributed by atoms with Gasteiger partial charge in [0.25, 0.3) is 0 Å². The van der Waals surface area contributed by atoms with Gasteiger partial charge in [-0.2, -0.15) is 8.42 Å². The van der Waals surface area contributed by atoms with Crippen molar-refractivity contribution >= 4 is 10.4 Å². The van der Waals surface area contributed by atoms with Gasteiger partial charge in [0.15, 0.2) is 0 Å². The van der Waals surface area contributed by atoms with Crippen LogP contribution in [0.15, 0.2) is 0 Å². The molecular weight excluding hydrogens is 432 g/mol. The predicted molar refractivity (Wildman–Crippen MR) is 134 cm³/mol. The molecule has 0 aromatic carbocycles. The standard InChI is InChI=1S/C28H50O4S/c1-19(21(3)18-32-33(29,30)31)9-10-20(2)24-13-14-25-23-12-11-22-8-6-7-16-27(22,4)26(23)15-17-28(24,25)5/h19-26H,6-18H2,1-5H3,(H,29,30,31)/t19-,20+,21?,22?,23-,24+,25-,26-,27-,28+/m0/s1. The lowest BCUT2D eigenvalue weighted by atomic mass is 9.44. The van der Waals surface area contributed by atoms with Crippen molar-refractivity contribution in [2.24, 2.45) is 58.2 Å². The fourth-order valence-corrected chi connectivity index (χ4v) is 10.0. The lowest BCUT2D eigenvalue weighted by Gasteiger charge is -2.61. The minimum atomic E-state index is -4.34. The Balaban J connectivity index is 1.36. The van der Waals surface area contributed by atoms with E-state index in [2.05, 4.69) is 31.9 Å². The predicted octanol–water partition coefficient (Wildman–Crippen LogP) is 7.54. The summed E-state index contributed by atoms with van der Waals surface area (Å²) >= 11 is 0. The normalized spacial score (nSPS) is 43.8. The Kier molecular flexibility index (Phi) is 7.65. The molecule has 4 aliphatic rings. The summed E-state index contributed by atoms with van der Waals surface area (Å²) in [6.07, 6.45) is 17.0. The fraction of sp³-hybridized carbons (Fsp3) is 1.00. The fourth-order valence-electron chi connectivity index (χ4n) is 9.64. The molecule has 192 valence electrons. The van der Waals surface area contributed by atoms with Crippen LogP contribution in [-0.2, 0) is 14.6 Å². The van der Waals surface area contributed by atoms with Crippen LogP contribution in [0.2, 0.25) is 0 Å². The van der Waals surface area contributed by atoms with Crippen molar-refractivity contribution in [3.05, 3.63) is 0 Å². The largest absolute Gasteiger partial charge is 0.397 e. The van der Waals surface area contributed by atoms with Crippen molar-refractivity contribution in [3.8, 4) is 0 Å². The topological polar surface area (TPSA) is 63.6 Å². The van der Waals surface area contributed by atoms with Gasteiger partial charge in [0.2, 0.25) is 0 Å². The molecule has 10 atom stereocenters. The molecule has 33 heavy (non-hydrogen) atoms. The third kappa shape index (κ3) is 5.07. The van der Waals surface area contributed by atoms with Crippen LogP contribution in [0.5, 0.6) is 0 Å². The Morgan fingerprint density at radius 1 is 0.848 bits per heavy atom. The minimum absolute atomic E-state index is 0.0699. The molecule has 0 bridgehead atoms. The van der Waals surface area contributed by atoms with E-state index in [0.717, 1.165) is 41.9 Å². The van der Waals surface area contributed by atoms with Crippen LogP contribution in [0, 0.1) is 58.2 Å². The molecule has 4 rings (SSSR count). The van der Waals surface area contributed by atoms with E-state index in [1.807, 2.05) is 6.92 Å². The first-order chi connectivity index (χ1) is 15.5. The van der Waals surface area contributed by atoms with E-state index in [1.165, 1.54) is 70.6 Å². The molecule has 4 fully saturated rings. The van der Waals surface area contributed by atoms with Crippen molar-refractivity contribution in [2.75, 3.05) is 6.61 Å². The maximum Gasteiger partial charge on any atom is 0.397 e. The van der Waals surface area contributed by atoms with Crippen molar-refractivity contribution < 1.29 is 17.2 Å². The van der Waals surface area contributed by atoms with Gasteiger partial charge in [0.05, 0.1) is 6.61 Å². The molecule has 1 N–H and O–H groups in total. The number of hydrogen-bond acceptors (Lipinski definition) is 3. The summed E-state index contributed by atoms with van der Waals surface area (Å²) < 4.78 is 35.3. The highest BCUT2D eigenvalue weighted by Gasteiger charge is 2.60. The van der Waals surface area contributed by atoms with Gasteiger partial charge in [-0.25, -0.2) is 4.18 Å². The molecule has 0 spiro atoms. The zero-order chi connectivity index (χ0) is 24.0.